The Morgan fingerprint density at radius 2 is 1.87 bits per heavy atom. The number of allylic oxidation sites excluding steroid dienone is 4. The minimum absolute atomic E-state index is 0.159. The van der Waals surface area contributed by atoms with Gasteiger partial charge in [0.05, 0.1) is 13.2 Å². The van der Waals surface area contributed by atoms with Crippen LogP contribution < -0.4 is 4.74 Å². The molecule has 3 rings (SSSR count). The summed E-state index contributed by atoms with van der Waals surface area (Å²) < 4.78 is 24.4. The number of ether oxygens (including phenoxy) is 2. The summed E-state index contributed by atoms with van der Waals surface area (Å²) in [5.41, 5.74) is 4.55. The normalized spacial score (nSPS) is 15.8. The summed E-state index contributed by atoms with van der Waals surface area (Å²) in [7, 11) is 0. The van der Waals surface area contributed by atoms with Gasteiger partial charge in [-0.1, -0.05) is 56.3 Å². The van der Waals surface area contributed by atoms with Crippen LogP contribution in [0.3, 0.4) is 0 Å². The van der Waals surface area contributed by atoms with Crippen LogP contribution in [0.1, 0.15) is 33.3 Å². The largest absolute Gasteiger partial charge is 0.492 e. The van der Waals surface area contributed by atoms with Gasteiger partial charge in [-0.05, 0) is 54.3 Å². The molecule has 1 aliphatic heterocycles. The summed E-state index contributed by atoms with van der Waals surface area (Å²) in [6.07, 6.45) is 7.57. The highest BCUT2D eigenvalue weighted by molar-refractivity contribution is 5.84. The van der Waals surface area contributed by atoms with Crippen molar-refractivity contribution in [2.75, 3.05) is 13.2 Å². The number of hydrogen-bond donors (Lipinski definition) is 0. The van der Waals surface area contributed by atoms with Gasteiger partial charge in [0, 0.05) is 17.1 Å². The molecule has 2 aromatic carbocycles. The van der Waals surface area contributed by atoms with E-state index < -0.39 is 0 Å². The number of benzene rings is 2. The monoisotopic (exact) mass is 406 g/mol. The highest BCUT2D eigenvalue weighted by Gasteiger charge is 2.23. The van der Waals surface area contributed by atoms with Gasteiger partial charge >= 0.3 is 5.97 Å². The van der Waals surface area contributed by atoms with Crippen LogP contribution in [0.15, 0.2) is 72.3 Å². The molecule has 0 amide bonds. The van der Waals surface area contributed by atoms with Crippen molar-refractivity contribution >= 4 is 11.5 Å². The molecule has 30 heavy (non-hydrogen) atoms. The molecule has 0 spiro atoms. The SMILES string of the molecule is CCOC(=O)C=C(C)C=CC1=CC(C)(C)COc2cc(-c3ccc(F)cc3)ccc21. The Bertz CT molecular complexity index is 1010. The van der Waals surface area contributed by atoms with Crippen molar-refractivity contribution in [3.05, 3.63) is 83.7 Å². The number of carbonyl (C=O) groups excluding carboxylic acids is 1. The van der Waals surface area contributed by atoms with Crippen LogP contribution >= 0.6 is 0 Å². The van der Waals surface area contributed by atoms with Crippen LogP contribution in [-0.4, -0.2) is 19.2 Å². The fraction of sp³-hybridized carbons (Fsp3) is 0.269. The molecule has 0 aliphatic carbocycles. The van der Waals surface area contributed by atoms with Crippen LogP contribution in [0.25, 0.3) is 16.7 Å². The molecule has 4 heteroatoms. The minimum Gasteiger partial charge on any atom is -0.492 e. The topological polar surface area (TPSA) is 35.5 Å². The van der Waals surface area contributed by atoms with Crippen LogP contribution in [0.4, 0.5) is 4.39 Å². The van der Waals surface area contributed by atoms with E-state index in [1.807, 2.05) is 37.3 Å². The summed E-state index contributed by atoms with van der Waals surface area (Å²) in [6, 6.07) is 12.5. The first-order valence-electron chi connectivity index (χ1n) is 10.1. The third kappa shape index (κ3) is 5.47. The third-order valence-electron chi connectivity index (χ3n) is 4.77. The van der Waals surface area contributed by atoms with E-state index in [1.165, 1.54) is 18.2 Å². The van der Waals surface area contributed by atoms with E-state index in [2.05, 4.69) is 19.9 Å². The molecule has 0 unspecified atom stereocenters. The lowest BCUT2D eigenvalue weighted by Crippen LogP contribution is -2.17. The van der Waals surface area contributed by atoms with Crippen molar-refractivity contribution in [2.24, 2.45) is 5.41 Å². The molecule has 0 fully saturated rings. The number of carbonyl (C=O) groups is 1. The van der Waals surface area contributed by atoms with Gasteiger partial charge in [-0.25, -0.2) is 9.18 Å². The molecule has 0 saturated carbocycles. The van der Waals surface area contributed by atoms with E-state index >= 15 is 0 Å². The van der Waals surface area contributed by atoms with Gasteiger partial charge in [-0.2, -0.15) is 0 Å². The van der Waals surface area contributed by atoms with Crippen molar-refractivity contribution in [1.82, 2.24) is 0 Å². The number of hydrogen-bond acceptors (Lipinski definition) is 3. The summed E-state index contributed by atoms with van der Waals surface area (Å²) in [5, 5.41) is 0. The number of halogens is 1. The van der Waals surface area contributed by atoms with E-state index in [4.69, 9.17) is 9.47 Å². The molecule has 0 bridgehead atoms. The standard InChI is InChI=1S/C26H27FO3/c1-5-29-25(28)14-18(2)6-7-21-16-26(3,4)17-30-24-15-20(10-13-23(21)24)19-8-11-22(27)12-9-19/h6-16H,5,17H2,1-4H3. The van der Waals surface area contributed by atoms with Crippen molar-refractivity contribution in [1.29, 1.82) is 0 Å². The zero-order chi connectivity index (χ0) is 21.7. The second-order valence-electron chi connectivity index (χ2n) is 8.07. The lowest BCUT2D eigenvalue weighted by molar-refractivity contribution is -0.137. The first-order chi connectivity index (χ1) is 14.3. The Kier molecular flexibility index (Phi) is 6.56. The predicted molar refractivity (Wildman–Crippen MR) is 119 cm³/mol. The van der Waals surface area contributed by atoms with Crippen molar-refractivity contribution in [3.63, 3.8) is 0 Å². The predicted octanol–water partition coefficient (Wildman–Crippen LogP) is 6.36. The van der Waals surface area contributed by atoms with Crippen molar-refractivity contribution in [3.8, 4) is 16.9 Å². The maximum Gasteiger partial charge on any atom is 0.330 e. The molecule has 0 saturated heterocycles. The molecule has 0 aromatic heterocycles. The highest BCUT2D eigenvalue weighted by Crippen LogP contribution is 2.38. The van der Waals surface area contributed by atoms with Crippen LogP contribution in [0, 0.1) is 11.2 Å². The van der Waals surface area contributed by atoms with E-state index in [0.717, 1.165) is 33.6 Å². The van der Waals surface area contributed by atoms with E-state index in [1.54, 1.807) is 19.1 Å². The average Bonchev–Trinajstić information content (AvgIpc) is 2.82. The first-order valence-corrected chi connectivity index (χ1v) is 10.1. The molecule has 0 N–H and O–H groups in total. The fourth-order valence-corrected chi connectivity index (χ4v) is 3.28. The molecule has 2 aromatic rings. The molecule has 1 heterocycles. The van der Waals surface area contributed by atoms with E-state index in [0.29, 0.717) is 13.2 Å². The summed E-state index contributed by atoms with van der Waals surface area (Å²) in [5.74, 6) is 0.181. The second-order valence-corrected chi connectivity index (χ2v) is 8.07. The Hall–Kier alpha value is -3.14. The first kappa shape index (κ1) is 21.6. The van der Waals surface area contributed by atoms with Crippen LogP contribution in [0.5, 0.6) is 5.75 Å². The van der Waals surface area contributed by atoms with Gasteiger partial charge in [-0.15, -0.1) is 0 Å². The number of fused-ring (bicyclic) bond motifs is 1. The van der Waals surface area contributed by atoms with Crippen molar-refractivity contribution in [2.45, 2.75) is 27.7 Å². The Morgan fingerprint density at radius 3 is 2.57 bits per heavy atom. The van der Waals surface area contributed by atoms with E-state index in [-0.39, 0.29) is 17.2 Å². The number of esters is 1. The third-order valence-corrected chi connectivity index (χ3v) is 4.77. The summed E-state index contributed by atoms with van der Waals surface area (Å²) in [4.78, 5) is 11.7. The molecule has 1 aliphatic rings. The van der Waals surface area contributed by atoms with Crippen LogP contribution in [-0.2, 0) is 9.53 Å². The van der Waals surface area contributed by atoms with Crippen LogP contribution in [0.2, 0.25) is 0 Å². The lowest BCUT2D eigenvalue weighted by Gasteiger charge is -2.18. The van der Waals surface area contributed by atoms with Gasteiger partial charge < -0.3 is 9.47 Å². The van der Waals surface area contributed by atoms with Gasteiger partial charge in [0.2, 0.25) is 0 Å². The Balaban J connectivity index is 1.95. The Labute approximate surface area is 177 Å². The Morgan fingerprint density at radius 1 is 1.17 bits per heavy atom. The molecule has 156 valence electrons. The molecule has 0 radical (unpaired) electrons. The summed E-state index contributed by atoms with van der Waals surface area (Å²) in [6.45, 7) is 8.79. The molecular weight excluding hydrogens is 379 g/mol. The lowest BCUT2D eigenvalue weighted by atomic mass is 9.90. The maximum atomic E-state index is 13.3. The summed E-state index contributed by atoms with van der Waals surface area (Å²) >= 11 is 0. The van der Waals surface area contributed by atoms with Gasteiger partial charge in [0.1, 0.15) is 11.6 Å². The molecular formula is C26H27FO3. The van der Waals surface area contributed by atoms with E-state index in [9.17, 15) is 9.18 Å². The highest BCUT2D eigenvalue weighted by atomic mass is 19.1. The second kappa shape index (κ2) is 9.12. The minimum atomic E-state index is -0.345. The quantitative estimate of drug-likeness (QED) is 0.329. The van der Waals surface area contributed by atoms with Gasteiger partial charge in [0.25, 0.3) is 0 Å². The molecule has 0 atom stereocenters. The average molecular weight is 406 g/mol. The zero-order valence-electron chi connectivity index (χ0n) is 17.9. The van der Waals surface area contributed by atoms with Crippen molar-refractivity contribution < 1.29 is 18.7 Å². The maximum absolute atomic E-state index is 13.3. The number of rotatable bonds is 5. The fourth-order valence-electron chi connectivity index (χ4n) is 3.28. The zero-order valence-corrected chi connectivity index (χ0v) is 17.9. The van der Waals surface area contributed by atoms with Gasteiger partial charge in [0.15, 0.2) is 0 Å². The van der Waals surface area contributed by atoms with Gasteiger partial charge in [-0.3, -0.25) is 0 Å². The smallest absolute Gasteiger partial charge is 0.330 e. The molecule has 3 nitrogen and oxygen atoms in total.